The van der Waals surface area contributed by atoms with Crippen molar-refractivity contribution in [2.75, 3.05) is 0 Å². The standard InChI is InChI=1S/C19H18N6OS/c1-11-7-6-8-12(2)16(11)25-19(22-23-24-25)27-13(3)17-20-15-10-5-4-9-14(15)18(26)21-17/h4-10,13H,1-3H3,(H,20,21,26)/t13-/m1/s1. The molecule has 0 saturated heterocycles. The van der Waals surface area contributed by atoms with Gasteiger partial charge in [-0.3, -0.25) is 4.79 Å². The zero-order valence-corrected chi connectivity index (χ0v) is 16.0. The maximum atomic E-state index is 12.3. The lowest BCUT2D eigenvalue weighted by Crippen LogP contribution is -2.13. The van der Waals surface area contributed by atoms with Crippen molar-refractivity contribution in [2.24, 2.45) is 0 Å². The number of benzene rings is 2. The summed E-state index contributed by atoms with van der Waals surface area (Å²) in [5, 5.41) is 13.3. The number of fused-ring (bicyclic) bond motifs is 1. The molecule has 0 saturated carbocycles. The van der Waals surface area contributed by atoms with Crippen LogP contribution in [0.2, 0.25) is 0 Å². The molecule has 0 aliphatic rings. The molecular weight excluding hydrogens is 360 g/mol. The Bertz CT molecular complexity index is 1160. The summed E-state index contributed by atoms with van der Waals surface area (Å²) >= 11 is 1.45. The van der Waals surface area contributed by atoms with Gasteiger partial charge in [-0.05, 0) is 54.5 Å². The van der Waals surface area contributed by atoms with Gasteiger partial charge >= 0.3 is 0 Å². The van der Waals surface area contributed by atoms with Gasteiger partial charge < -0.3 is 4.98 Å². The molecule has 4 rings (SSSR count). The van der Waals surface area contributed by atoms with E-state index in [2.05, 4.69) is 25.5 Å². The SMILES string of the molecule is Cc1cccc(C)c1-n1nnnc1S[C@H](C)c1nc2ccccc2c(=O)[nH]1. The molecule has 0 unspecified atom stereocenters. The number of tetrazole rings is 1. The maximum Gasteiger partial charge on any atom is 0.258 e. The molecule has 0 fully saturated rings. The van der Waals surface area contributed by atoms with Crippen molar-refractivity contribution in [3.63, 3.8) is 0 Å². The Kier molecular flexibility index (Phi) is 4.49. The van der Waals surface area contributed by atoms with Gasteiger partial charge in [0.2, 0.25) is 5.16 Å². The largest absolute Gasteiger partial charge is 0.309 e. The van der Waals surface area contributed by atoms with Gasteiger partial charge in [0.25, 0.3) is 5.56 Å². The van der Waals surface area contributed by atoms with Crippen LogP contribution in [0.4, 0.5) is 0 Å². The molecule has 27 heavy (non-hydrogen) atoms. The number of nitrogens with one attached hydrogen (secondary N) is 1. The monoisotopic (exact) mass is 378 g/mol. The molecule has 1 N–H and O–H groups in total. The first kappa shape index (κ1) is 17.4. The quantitative estimate of drug-likeness (QED) is 0.548. The molecule has 0 radical (unpaired) electrons. The average Bonchev–Trinajstić information content (AvgIpc) is 3.09. The minimum absolute atomic E-state index is 0.128. The number of rotatable bonds is 4. The van der Waals surface area contributed by atoms with Crippen LogP contribution in [-0.4, -0.2) is 30.2 Å². The van der Waals surface area contributed by atoms with Crippen molar-refractivity contribution in [1.29, 1.82) is 0 Å². The Morgan fingerprint density at radius 3 is 2.59 bits per heavy atom. The number of H-pyrrole nitrogens is 1. The Morgan fingerprint density at radius 1 is 1.07 bits per heavy atom. The highest BCUT2D eigenvalue weighted by Crippen LogP contribution is 2.33. The predicted octanol–water partition coefficient (Wildman–Crippen LogP) is 3.37. The fraction of sp³-hybridized carbons (Fsp3) is 0.211. The lowest BCUT2D eigenvalue weighted by Gasteiger charge is -2.13. The first-order chi connectivity index (χ1) is 13.0. The third kappa shape index (κ3) is 3.23. The second-order valence-electron chi connectivity index (χ2n) is 6.34. The average molecular weight is 378 g/mol. The van der Waals surface area contributed by atoms with Crippen LogP contribution in [0, 0.1) is 13.8 Å². The highest BCUT2D eigenvalue weighted by molar-refractivity contribution is 7.99. The van der Waals surface area contributed by atoms with Gasteiger partial charge in [0.15, 0.2) is 0 Å². The zero-order chi connectivity index (χ0) is 19.0. The third-order valence-electron chi connectivity index (χ3n) is 4.39. The van der Waals surface area contributed by atoms with Crippen molar-refractivity contribution >= 4 is 22.7 Å². The molecule has 0 aliphatic carbocycles. The summed E-state index contributed by atoms with van der Waals surface area (Å²) < 4.78 is 1.74. The van der Waals surface area contributed by atoms with Crippen molar-refractivity contribution in [1.82, 2.24) is 30.2 Å². The Hall–Kier alpha value is -3.00. The fourth-order valence-electron chi connectivity index (χ4n) is 3.04. The molecule has 0 amide bonds. The minimum Gasteiger partial charge on any atom is -0.309 e. The molecule has 136 valence electrons. The van der Waals surface area contributed by atoms with Crippen LogP contribution in [0.3, 0.4) is 0 Å². The van der Waals surface area contributed by atoms with E-state index in [0.29, 0.717) is 21.9 Å². The van der Waals surface area contributed by atoms with E-state index in [1.807, 2.05) is 57.2 Å². The number of hydrogen-bond donors (Lipinski definition) is 1. The highest BCUT2D eigenvalue weighted by atomic mass is 32.2. The van der Waals surface area contributed by atoms with Gasteiger partial charge in [0.05, 0.1) is 21.8 Å². The molecule has 2 aromatic heterocycles. The summed E-state index contributed by atoms with van der Waals surface area (Å²) in [6, 6.07) is 13.4. The first-order valence-electron chi connectivity index (χ1n) is 8.55. The van der Waals surface area contributed by atoms with Crippen LogP contribution in [0.15, 0.2) is 52.4 Å². The first-order valence-corrected chi connectivity index (χ1v) is 9.43. The summed E-state index contributed by atoms with van der Waals surface area (Å²) in [5.74, 6) is 0.597. The molecule has 1 atom stereocenters. The molecule has 4 aromatic rings. The summed E-state index contributed by atoms with van der Waals surface area (Å²) in [5.41, 5.74) is 3.69. The second kappa shape index (κ2) is 6.96. The summed E-state index contributed by atoms with van der Waals surface area (Å²) in [7, 11) is 0. The van der Waals surface area contributed by atoms with Crippen LogP contribution in [0.5, 0.6) is 0 Å². The van der Waals surface area contributed by atoms with Crippen LogP contribution in [-0.2, 0) is 0 Å². The minimum atomic E-state index is -0.141. The predicted molar refractivity (Wildman–Crippen MR) is 105 cm³/mol. The smallest absolute Gasteiger partial charge is 0.258 e. The van der Waals surface area contributed by atoms with E-state index < -0.39 is 0 Å². The van der Waals surface area contributed by atoms with Crippen molar-refractivity contribution in [2.45, 2.75) is 31.2 Å². The summed E-state index contributed by atoms with van der Waals surface area (Å²) in [6.45, 7) is 6.04. The van der Waals surface area contributed by atoms with E-state index in [4.69, 9.17) is 0 Å². The lowest BCUT2D eigenvalue weighted by molar-refractivity contribution is 0.745. The maximum absolute atomic E-state index is 12.3. The fourth-order valence-corrected chi connectivity index (χ4v) is 3.89. The summed E-state index contributed by atoms with van der Waals surface area (Å²) in [6.07, 6.45) is 0. The van der Waals surface area contributed by atoms with E-state index in [0.717, 1.165) is 16.8 Å². The molecule has 0 aliphatic heterocycles. The van der Waals surface area contributed by atoms with Crippen LogP contribution in [0.1, 0.15) is 29.1 Å². The number of aryl methyl sites for hydroxylation is 2. The molecule has 7 nitrogen and oxygen atoms in total. The second-order valence-corrected chi connectivity index (χ2v) is 7.65. The Labute approximate surface area is 159 Å². The summed E-state index contributed by atoms with van der Waals surface area (Å²) in [4.78, 5) is 19.8. The van der Waals surface area contributed by atoms with Crippen LogP contribution >= 0.6 is 11.8 Å². The van der Waals surface area contributed by atoms with Crippen LogP contribution in [0.25, 0.3) is 16.6 Å². The molecule has 2 heterocycles. The van der Waals surface area contributed by atoms with Gasteiger partial charge in [-0.1, -0.05) is 42.1 Å². The Balaban J connectivity index is 1.70. The highest BCUT2D eigenvalue weighted by Gasteiger charge is 2.19. The van der Waals surface area contributed by atoms with E-state index in [9.17, 15) is 4.79 Å². The van der Waals surface area contributed by atoms with Gasteiger partial charge in [0, 0.05) is 0 Å². The number of aromatic nitrogens is 6. The zero-order valence-electron chi connectivity index (χ0n) is 15.2. The van der Waals surface area contributed by atoms with E-state index in [1.54, 1.807) is 10.7 Å². The molecule has 0 spiro atoms. The lowest BCUT2D eigenvalue weighted by atomic mass is 10.1. The van der Waals surface area contributed by atoms with Gasteiger partial charge in [-0.25, -0.2) is 4.98 Å². The number of nitrogens with zero attached hydrogens (tertiary/aromatic N) is 5. The molecule has 8 heteroatoms. The number of para-hydroxylation sites is 2. The number of thioether (sulfide) groups is 1. The van der Waals surface area contributed by atoms with Crippen LogP contribution < -0.4 is 5.56 Å². The van der Waals surface area contributed by atoms with Crippen molar-refractivity contribution in [3.05, 3.63) is 69.8 Å². The number of hydrogen-bond acceptors (Lipinski definition) is 6. The molecular formula is C19H18N6OS. The number of aromatic amines is 1. The molecule has 2 aromatic carbocycles. The topological polar surface area (TPSA) is 89.3 Å². The van der Waals surface area contributed by atoms with E-state index >= 15 is 0 Å². The third-order valence-corrected chi connectivity index (χ3v) is 5.43. The van der Waals surface area contributed by atoms with E-state index in [1.165, 1.54) is 11.8 Å². The Morgan fingerprint density at radius 2 is 1.81 bits per heavy atom. The van der Waals surface area contributed by atoms with E-state index in [-0.39, 0.29) is 10.8 Å². The van der Waals surface area contributed by atoms with Gasteiger partial charge in [-0.15, -0.1) is 5.10 Å². The normalized spacial score (nSPS) is 12.4. The van der Waals surface area contributed by atoms with Gasteiger partial charge in [-0.2, -0.15) is 4.68 Å². The van der Waals surface area contributed by atoms with Crippen molar-refractivity contribution in [3.8, 4) is 5.69 Å². The molecule has 0 bridgehead atoms. The van der Waals surface area contributed by atoms with Crippen molar-refractivity contribution < 1.29 is 0 Å². The van der Waals surface area contributed by atoms with Gasteiger partial charge in [0.1, 0.15) is 5.82 Å².